The second-order valence-electron chi connectivity index (χ2n) is 4.97. The lowest BCUT2D eigenvalue weighted by atomic mass is 10.0. The lowest BCUT2D eigenvalue weighted by molar-refractivity contribution is 0.174. The highest BCUT2D eigenvalue weighted by Crippen LogP contribution is 2.30. The molecule has 0 heterocycles. The first-order valence-electron chi connectivity index (χ1n) is 8.05. The molecule has 0 spiro atoms. The summed E-state index contributed by atoms with van der Waals surface area (Å²) in [7, 11) is 0. The molecule has 0 saturated heterocycles. The summed E-state index contributed by atoms with van der Waals surface area (Å²) in [6, 6.07) is 3.90. The molecule has 0 N–H and O–H groups in total. The highest BCUT2D eigenvalue weighted by Gasteiger charge is 2.11. The molecule has 1 rings (SSSR count). The van der Waals surface area contributed by atoms with Crippen LogP contribution in [0.15, 0.2) is 38.4 Å². The zero-order valence-electron chi connectivity index (χ0n) is 14.6. The number of oxime groups is 1. The Morgan fingerprint density at radius 3 is 2.00 bits per heavy atom. The van der Waals surface area contributed by atoms with Crippen molar-refractivity contribution in [2.75, 3.05) is 19.8 Å². The van der Waals surface area contributed by atoms with Crippen molar-refractivity contribution in [2.45, 2.75) is 26.7 Å². The lowest BCUT2D eigenvalue weighted by Gasteiger charge is -2.16. The van der Waals surface area contributed by atoms with E-state index < -0.39 is 0 Å². The van der Waals surface area contributed by atoms with Crippen LogP contribution in [0.4, 0.5) is 0 Å². The maximum absolute atomic E-state index is 5.87. The van der Waals surface area contributed by atoms with E-state index in [-0.39, 0.29) is 22.2 Å². The van der Waals surface area contributed by atoms with Crippen LogP contribution in [0.25, 0.3) is 0 Å². The van der Waals surface area contributed by atoms with E-state index in [0.717, 1.165) is 35.5 Å². The molecule has 26 heavy (non-hydrogen) atoms. The molecule has 1 aromatic rings. The molecule has 0 aliphatic heterocycles. The largest absolute Gasteiger partial charge is 0.489 e. The zero-order chi connectivity index (χ0) is 19.4. The van der Waals surface area contributed by atoms with Gasteiger partial charge in [0.1, 0.15) is 40.3 Å². The fourth-order valence-electron chi connectivity index (χ4n) is 2.06. The highest BCUT2D eigenvalue weighted by atomic mass is 35.5. The Morgan fingerprint density at radius 2 is 1.46 bits per heavy atom. The number of hydrogen-bond acceptors (Lipinski definition) is 4. The topological polar surface area (TPSA) is 40.0 Å². The molecule has 0 amide bonds. The van der Waals surface area contributed by atoms with Gasteiger partial charge in [0.25, 0.3) is 0 Å². The minimum absolute atomic E-state index is 0.141. The second kappa shape index (κ2) is 13.2. The van der Waals surface area contributed by atoms with Crippen LogP contribution in [0.2, 0.25) is 0 Å². The summed E-state index contributed by atoms with van der Waals surface area (Å²) in [4.78, 5) is 4.98. The van der Waals surface area contributed by atoms with Gasteiger partial charge in [-0.3, -0.25) is 0 Å². The second-order valence-corrected chi connectivity index (χ2v) is 6.99. The molecule has 0 aromatic heterocycles. The number of hydrogen-bond donors (Lipinski definition) is 0. The van der Waals surface area contributed by atoms with Gasteiger partial charge in [0.15, 0.2) is 0 Å². The van der Waals surface area contributed by atoms with Gasteiger partial charge in [-0.2, -0.15) is 0 Å². The first-order valence-corrected chi connectivity index (χ1v) is 9.56. The van der Waals surface area contributed by atoms with Crippen molar-refractivity contribution < 1.29 is 14.3 Å². The average Bonchev–Trinajstić information content (AvgIpc) is 2.60. The fraction of sp³-hybridized carbons (Fsp3) is 0.389. The van der Waals surface area contributed by atoms with E-state index in [1.54, 1.807) is 6.08 Å². The smallest absolute Gasteiger partial charge is 0.138 e. The van der Waals surface area contributed by atoms with Gasteiger partial charge in [-0.25, -0.2) is 0 Å². The van der Waals surface area contributed by atoms with Crippen molar-refractivity contribution in [3.05, 3.63) is 44.4 Å². The number of aryl methyl sites for hydroxylation is 2. The van der Waals surface area contributed by atoms with E-state index in [1.807, 2.05) is 12.1 Å². The Balaban J connectivity index is 2.72. The van der Waals surface area contributed by atoms with Crippen molar-refractivity contribution >= 4 is 52.6 Å². The first-order chi connectivity index (χ1) is 12.5. The molecule has 0 fully saturated rings. The number of benzene rings is 1. The summed E-state index contributed by atoms with van der Waals surface area (Å²) in [5.74, 6) is 1.59. The fourth-order valence-corrected chi connectivity index (χ4v) is 2.32. The van der Waals surface area contributed by atoms with E-state index in [0.29, 0.717) is 6.61 Å². The number of rotatable bonds is 11. The highest BCUT2D eigenvalue weighted by molar-refractivity contribution is 6.56. The van der Waals surface area contributed by atoms with E-state index in [1.165, 1.54) is 12.3 Å². The van der Waals surface area contributed by atoms with Crippen molar-refractivity contribution in [1.82, 2.24) is 0 Å². The Bertz CT molecular complexity index is 627. The molecule has 0 aliphatic carbocycles. The van der Waals surface area contributed by atoms with Crippen LogP contribution in [0, 0.1) is 0 Å². The monoisotopic (exact) mass is 439 g/mol. The van der Waals surface area contributed by atoms with Gasteiger partial charge in [0.05, 0.1) is 6.21 Å². The van der Waals surface area contributed by atoms with Crippen LogP contribution in [0.3, 0.4) is 0 Å². The number of ether oxygens (including phenoxy) is 2. The summed E-state index contributed by atoms with van der Waals surface area (Å²) in [6.07, 6.45) is 6.23. The third kappa shape index (κ3) is 9.04. The summed E-state index contributed by atoms with van der Waals surface area (Å²) in [5.41, 5.74) is 2.10. The third-order valence-electron chi connectivity index (χ3n) is 3.23. The van der Waals surface area contributed by atoms with Crippen LogP contribution in [0.5, 0.6) is 11.5 Å². The SMILES string of the molecule is CCc1cc(OCC=C(Cl)Cl)cc(CC)c1OC/C=N/OCC=C(Cl)Cl. The Labute approximate surface area is 174 Å². The quantitative estimate of drug-likeness (QED) is 0.233. The molecule has 0 saturated carbocycles. The van der Waals surface area contributed by atoms with Crippen LogP contribution in [-0.2, 0) is 17.7 Å². The van der Waals surface area contributed by atoms with Gasteiger partial charge >= 0.3 is 0 Å². The van der Waals surface area contributed by atoms with Gasteiger partial charge < -0.3 is 14.3 Å². The minimum atomic E-state index is 0.141. The van der Waals surface area contributed by atoms with E-state index in [9.17, 15) is 0 Å². The van der Waals surface area contributed by atoms with Crippen LogP contribution < -0.4 is 9.47 Å². The van der Waals surface area contributed by atoms with Crippen molar-refractivity contribution in [2.24, 2.45) is 5.16 Å². The zero-order valence-corrected chi connectivity index (χ0v) is 17.6. The molecule has 144 valence electrons. The van der Waals surface area contributed by atoms with E-state index in [2.05, 4.69) is 19.0 Å². The van der Waals surface area contributed by atoms with E-state index >= 15 is 0 Å². The predicted octanol–water partition coefficient (Wildman–Crippen LogP) is 6.21. The summed E-state index contributed by atoms with van der Waals surface area (Å²) < 4.78 is 11.9. The Morgan fingerprint density at radius 1 is 0.885 bits per heavy atom. The van der Waals surface area contributed by atoms with Gasteiger partial charge in [-0.05, 0) is 48.3 Å². The van der Waals surface area contributed by atoms with E-state index in [4.69, 9.17) is 60.7 Å². The van der Waals surface area contributed by atoms with Gasteiger partial charge in [0, 0.05) is 0 Å². The molecule has 0 bridgehead atoms. The minimum Gasteiger partial charge on any atom is -0.489 e. The molecule has 4 nitrogen and oxygen atoms in total. The van der Waals surface area contributed by atoms with Crippen molar-refractivity contribution in [1.29, 1.82) is 0 Å². The summed E-state index contributed by atoms with van der Waals surface area (Å²) >= 11 is 22.1. The molecule has 0 radical (unpaired) electrons. The lowest BCUT2D eigenvalue weighted by Crippen LogP contribution is -2.05. The van der Waals surface area contributed by atoms with Crippen LogP contribution >= 0.6 is 46.4 Å². The first kappa shape index (κ1) is 23.0. The van der Waals surface area contributed by atoms with Gasteiger partial charge in [-0.15, -0.1) is 0 Å². The molecular weight excluding hydrogens is 420 g/mol. The normalized spacial score (nSPS) is 10.5. The maximum Gasteiger partial charge on any atom is 0.138 e. The van der Waals surface area contributed by atoms with Crippen molar-refractivity contribution in [3.8, 4) is 11.5 Å². The Kier molecular flexibility index (Phi) is 11.6. The molecular formula is C18H21Cl4NO3. The molecule has 0 aliphatic rings. The van der Waals surface area contributed by atoms with Crippen molar-refractivity contribution in [3.63, 3.8) is 0 Å². The number of halogens is 4. The Hall–Kier alpha value is -1.07. The average molecular weight is 441 g/mol. The third-order valence-corrected chi connectivity index (χ3v) is 3.85. The number of nitrogens with zero attached hydrogens (tertiary/aromatic N) is 1. The summed E-state index contributed by atoms with van der Waals surface area (Å²) in [5, 5.41) is 3.78. The van der Waals surface area contributed by atoms with Gasteiger partial charge in [0.2, 0.25) is 0 Å². The molecule has 0 unspecified atom stereocenters. The molecule has 0 atom stereocenters. The molecule has 8 heteroatoms. The van der Waals surface area contributed by atoms with Crippen LogP contribution in [-0.4, -0.2) is 26.0 Å². The van der Waals surface area contributed by atoms with Crippen LogP contribution in [0.1, 0.15) is 25.0 Å². The predicted molar refractivity (Wildman–Crippen MR) is 110 cm³/mol. The summed E-state index contributed by atoms with van der Waals surface area (Å²) in [6.45, 7) is 4.90. The van der Waals surface area contributed by atoms with Gasteiger partial charge in [-0.1, -0.05) is 65.4 Å². The standard InChI is InChI=1S/C18H21Cl4NO3/c1-3-13-11-15(24-8-5-16(19)20)12-14(4-2)18(13)25-10-7-23-26-9-6-17(21)22/h5-7,11-12H,3-4,8-10H2,1-2H3/b23-7+. The maximum atomic E-state index is 5.87. The molecule has 1 aromatic carbocycles.